The third-order valence-electron chi connectivity index (χ3n) is 2.67. The van der Waals surface area contributed by atoms with Crippen molar-refractivity contribution in [3.8, 4) is 11.6 Å². The number of ether oxygens (including phenoxy) is 1. The van der Waals surface area contributed by atoms with Crippen molar-refractivity contribution in [3.63, 3.8) is 0 Å². The van der Waals surface area contributed by atoms with E-state index in [1.165, 1.54) is 17.5 Å². The molecule has 2 rings (SSSR count). The van der Waals surface area contributed by atoms with E-state index < -0.39 is 0 Å². The van der Waals surface area contributed by atoms with Crippen LogP contribution in [0, 0.1) is 20.8 Å². The highest BCUT2D eigenvalue weighted by atomic mass is 35.5. The first-order chi connectivity index (χ1) is 8.08. The average molecular weight is 249 g/mol. The molecule has 0 amide bonds. The minimum atomic E-state index is 0.416. The third kappa shape index (κ3) is 2.56. The molecule has 0 bridgehead atoms. The fourth-order valence-electron chi connectivity index (χ4n) is 1.41. The molecule has 2 aromatic rings. The summed E-state index contributed by atoms with van der Waals surface area (Å²) in [5.74, 6) is 1.25. The van der Waals surface area contributed by atoms with Crippen LogP contribution in [-0.4, -0.2) is 9.97 Å². The minimum Gasteiger partial charge on any atom is -0.439 e. The molecule has 0 radical (unpaired) electrons. The van der Waals surface area contributed by atoms with Crippen molar-refractivity contribution in [2.45, 2.75) is 20.8 Å². The number of hydrogen-bond donors (Lipinski definition) is 0. The van der Waals surface area contributed by atoms with Gasteiger partial charge in [0, 0.05) is 5.56 Å². The second kappa shape index (κ2) is 4.72. The number of aromatic nitrogens is 2. The van der Waals surface area contributed by atoms with E-state index in [0.29, 0.717) is 11.0 Å². The molecular weight excluding hydrogens is 236 g/mol. The van der Waals surface area contributed by atoms with Gasteiger partial charge in [-0.15, -0.1) is 0 Å². The molecule has 88 valence electrons. The fraction of sp³-hybridized carbons (Fsp3) is 0.231. The predicted molar refractivity (Wildman–Crippen MR) is 67.8 cm³/mol. The van der Waals surface area contributed by atoms with Gasteiger partial charge < -0.3 is 4.74 Å². The van der Waals surface area contributed by atoms with E-state index in [1.807, 2.05) is 32.0 Å². The van der Waals surface area contributed by atoms with Crippen molar-refractivity contribution < 1.29 is 4.74 Å². The highest BCUT2D eigenvalue weighted by molar-refractivity contribution is 6.30. The van der Waals surface area contributed by atoms with Crippen LogP contribution in [0.2, 0.25) is 5.15 Å². The van der Waals surface area contributed by atoms with Crippen LogP contribution < -0.4 is 4.74 Å². The second-order valence-corrected chi connectivity index (χ2v) is 4.30. The van der Waals surface area contributed by atoms with Crippen LogP contribution >= 0.6 is 11.6 Å². The van der Waals surface area contributed by atoms with Crippen LogP contribution in [0.3, 0.4) is 0 Å². The van der Waals surface area contributed by atoms with Crippen molar-refractivity contribution in [2.24, 2.45) is 0 Å². The zero-order chi connectivity index (χ0) is 12.4. The Kier molecular flexibility index (Phi) is 3.29. The monoisotopic (exact) mass is 248 g/mol. The Balaban J connectivity index is 2.31. The fourth-order valence-corrected chi connectivity index (χ4v) is 1.53. The van der Waals surface area contributed by atoms with Gasteiger partial charge in [-0.1, -0.05) is 17.7 Å². The molecule has 3 nitrogen and oxygen atoms in total. The van der Waals surface area contributed by atoms with Crippen LogP contribution in [-0.2, 0) is 0 Å². The Morgan fingerprint density at radius 2 is 1.82 bits per heavy atom. The molecule has 0 N–H and O–H groups in total. The van der Waals surface area contributed by atoms with Crippen molar-refractivity contribution in [2.75, 3.05) is 0 Å². The number of hydrogen-bond acceptors (Lipinski definition) is 3. The Morgan fingerprint density at radius 1 is 1.06 bits per heavy atom. The molecule has 0 fully saturated rings. The van der Waals surface area contributed by atoms with Gasteiger partial charge in [0.25, 0.3) is 0 Å². The van der Waals surface area contributed by atoms with Crippen molar-refractivity contribution >= 4 is 11.6 Å². The number of benzene rings is 1. The van der Waals surface area contributed by atoms with Gasteiger partial charge in [-0.25, -0.2) is 9.97 Å². The summed E-state index contributed by atoms with van der Waals surface area (Å²) in [5, 5.41) is 0.416. The van der Waals surface area contributed by atoms with E-state index in [0.717, 1.165) is 11.3 Å². The maximum atomic E-state index is 5.91. The maximum Gasteiger partial charge on any atom is 0.226 e. The van der Waals surface area contributed by atoms with Gasteiger partial charge in [0.2, 0.25) is 5.88 Å². The SMILES string of the molecule is Cc1ccc(Oc2ncnc(Cl)c2C)cc1C. The second-order valence-electron chi connectivity index (χ2n) is 3.94. The summed E-state index contributed by atoms with van der Waals surface area (Å²) in [6, 6.07) is 5.91. The van der Waals surface area contributed by atoms with Gasteiger partial charge in [0.1, 0.15) is 17.2 Å². The van der Waals surface area contributed by atoms with E-state index in [9.17, 15) is 0 Å². The zero-order valence-electron chi connectivity index (χ0n) is 9.99. The minimum absolute atomic E-state index is 0.416. The molecule has 0 unspecified atom stereocenters. The number of aryl methyl sites for hydroxylation is 2. The maximum absolute atomic E-state index is 5.91. The normalized spacial score (nSPS) is 10.4. The Hall–Kier alpha value is -1.61. The number of nitrogens with zero attached hydrogens (tertiary/aromatic N) is 2. The van der Waals surface area contributed by atoms with E-state index >= 15 is 0 Å². The smallest absolute Gasteiger partial charge is 0.226 e. The number of rotatable bonds is 2. The van der Waals surface area contributed by atoms with E-state index in [2.05, 4.69) is 16.9 Å². The Bertz CT molecular complexity index is 555. The zero-order valence-corrected chi connectivity index (χ0v) is 10.7. The van der Waals surface area contributed by atoms with E-state index in [4.69, 9.17) is 16.3 Å². The molecule has 1 aromatic carbocycles. The molecule has 0 saturated carbocycles. The van der Waals surface area contributed by atoms with Crippen molar-refractivity contribution in [1.29, 1.82) is 0 Å². The van der Waals surface area contributed by atoms with E-state index in [-0.39, 0.29) is 0 Å². The molecule has 0 aliphatic rings. The lowest BCUT2D eigenvalue weighted by molar-refractivity contribution is 0.457. The van der Waals surface area contributed by atoms with Gasteiger partial charge in [0.15, 0.2) is 0 Å². The van der Waals surface area contributed by atoms with Gasteiger partial charge in [-0.2, -0.15) is 0 Å². The Morgan fingerprint density at radius 3 is 2.53 bits per heavy atom. The average Bonchev–Trinajstić information content (AvgIpc) is 2.30. The van der Waals surface area contributed by atoms with Crippen molar-refractivity contribution in [3.05, 3.63) is 46.4 Å². The molecule has 1 heterocycles. The third-order valence-corrected chi connectivity index (χ3v) is 3.05. The summed E-state index contributed by atoms with van der Waals surface area (Å²) in [4.78, 5) is 7.96. The van der Waals surface area contributed by atoms with Crippen LogP contribution in [0.4, 0.5) is 0 Å². The predicted octanol–water partition coefficient (Wildman–Crippen LogP) is 3.85. The highest BCUT2D eigenvalue weighted by Crippen LogP contribution is 2.26. The molecular formula is C13H13ClN2O. The topological polar surface area (TPSA) is 35.0 Å². The molecule has 17 heavy (non-hydrogen) atoms. The first kappa shape index (κ1) is 11.9. The van der Waals surface area contributed by atoms with Gasteiger partial charge in [0.05, 0.1) is 0 Å². The van der Waals surface area contributed by atoms with Crippen molar-refractivity contribution in [1.82, 2.24) is 9.97 Å². The quantitative estimate of drug-likeness (QED) is 0.758. The molecule has 0 aliphatic carbocycles. The molecule has 0 saturated heterocycles. The molecule has 4 heteroatoms. The van der Waals surface area contributed by atoms with Gasteiger partial charge >= 0.3 is 0 Å². The summed E-state index contributed by atoms with van der Waals surface area (Å²) in [5.41, 5.74) is 3.16. The molecule has 1 aromatic heterocycles. The first-order valence-corrected chi connectivity index (χ1v) is 5.68. The highest BCUT2D eigenvalue weighted by Gasteiger charge is 2.07. The largest absolute Gasteiger partial charge is 0.439 e. The standard InChI is InChI=1S/C13H13ClN2O/c1-8-4-5-11(6-9(8)2)17-13-10(3)12(14)15-7-16-13/h4-7H,1-3H3. The van der Waals surface area contributed by atoms with Gasteiger partial charge in [-0.3, -0.25) is 0 Å². The molecule has 0 aliphatic heterocycles. The first-order valence-electron chi connectivity index (χ1n) is 5.30. The van der Waals surface area contributed by atoms with Crippen LogP contribution in [0.15, 0.2) is 24.5 Å². The summed E-state index contributed by atoms with van der Waals surface area (Å²) in [6.45, 7) is 5.94. The lowest BCUT2D eigenvalue weighted by Gasteiger charge is -2.09. The van der Waals surface area contributed by atoms with Crippen LogP contribution in [0.25, 0.3) is 0 Å². The van der Waals surface area contributed by atoms with Crippen LogP contribution in [0.1, 0.15) is 16.7 Å². The number of halogens is 1. The molecule has 0 atom stereocenters. The summed E-state index contributed by atoms with van der Waals surface area (Å²) >= 11 is 5.91. The molecule has 0 spiro atoms. The van der Waals surface area contributed by atoms with Crippen LogP contribution in [0.5, 0.6) is 11.6 Å². The summed E-state index contributed by atoms with van der Waals surface area (Å²) in [7, 11) is 0. The van der Waals surface area contributed by atoms with E-state index in [1.54, 1.807) is 0 Å². The summed E-state index contributed by atoms with van der Waals surface area (Å²) < 4.78 is 5.69. The summed E-state index contributed by atoms with van der Waals surface area (Å²) in [6.07, 6.45) is 1.39. The lowest BCUT2D eigenvalue weighted by atomic mass is 10.1. The Labute approximate surface area is 105 Å². The lowest BCUT2D eigenvalue weighted by Crippen LogP contribution is -1.94. The van der Waals surface area contributed by atoms with Gasteiger partial charge in [-0.05, 0) is 44.0 Å².